The van der Waals surface area contributed by atoms with Crippen LogP contribution in [-0.2, 0) is 0 Å². The van der Waals surface area contributed by atoms with Crippen molar-refractivity contribution in [2.75, 3.05) is 6.61 Å². The van der Waals surface area contributed by atoms with Crippen molar-refractivity contribution >= 4 is 0 Å². The lowest BCUT2D eigenvalue weighted by molar-refractivity contribution is 0.0855. The van der Waals surface area contributed by atoms with Crippen LogP contribution in [0.15, 0.2) is 24.5 Å². The van der Waals surface area contributed by atoms with Gasteiger partial charge in [-0.2, -0.15) is 0 Å². The summed E-state index contributed by atoms with van der Waals surface area (Å²) in [7, 11) is 0. The topological polar surface area (TPSA) is 22.1 Å². The zero-order valence-electron chi connectivity index (χ0n) is 6.91. The Bertz CT molecular complexity index is 289. The molecule has 0 aliphatic heterocycles. The van der Waals surface area contributed by atoms with Gasteiger partial charge in [-0.15, -0.1) is 0 Å². The number of pyridine rings is 1. The first-order chi connectivity index (χ1) is 6.18. The van der Waals surface area contributed by atoms with E-state index >= 15 is 0 Å². The van der Waals surface area contributed by atoms with E-state index in [9.17, 15) is 8.78 Å². The van der Waals surface area contributed by atoms with Gasteiger partial charge in [0.05, 0.1) is 18.7 Å². The van der Waals surface area contributed by atoms with Gasteiger partial charge >= 0.3 is 0 Å². The third-order valence-electron chi connectivity index (χ3n) is 2.04. The number of hydrogen-bond acceptors (Lipinski definition) is 2. The molecule has 1 aliphatic carbocycles. The number of nitrogens with zero attached hydrogens (tertiary/aromatic N) is 1. The fourth-order valence-electron chi connectivity index (χ4n) is 1.08. The summed E-state index contributed by atoms with van der Waals surface area (Å²) in [5.41, 5.74) is 0. The van der Waals surface area contributed by atoms with Gasteiger partial charge in [-0.25, -0.2) is 8.78 Å². The molecule has 2 nitrogen and oxygen atoms in total. The zero-order valence-corrected chi connectivity index (χ0v) is 6.91. The van der Waals surface area contributed by atoms with Gasteiger partial charge in [0, 0.05) is 12.6 Å². The molecule has 1 heterocycles. The fourth-order valence-corrected chi connectivity index (χ4v) is 1.08. The molecule has 0 N–H and O–H groups in total. The molecular formula is C9H9F2NO. The van der Waals surface area contributed by atoms with E-state index in [1.165, 1.54) is 6.20 Å². The van der Waals surface area contributed by atoms with Crippen LogP contribution in [0.5, 0.6) is 5.75 Å². The molecule has 0 aromatic carbocycles. The maximum atomic E-state index is 12.4. The Hall–Kier alpha value is -1.19. The molecule has 1 atom stereocenters. The molecule has 1 aromatic rings. The summed E-state index contributed by atoms with van der Waals surface area (Å²) in [6.45, 7) is 0.0820. The molecule has 0 saturated heterocycles. The molecule has 0 radical (unpaired) electrons. The van der Waals surface area contributed by atoms with Gasteiger partial charge in [0.25, 0.3) is 5.92 Å². The molecular weight excluding hydrogens is 176 g/mol. The number of alkyl halides is 2. The fraction of sp³-hybridized carbons (Fsp3) is 0.444. The van der Waals surface area contributed by atoms with E-state index in [1.807, 2.05) is 0 Å². The standard InChI is InChI=1S/C9H9F2NO/c10-9(11)4-7(9)6-13-8-2-1-3-12-5-8/h1-3,5,7H,4,6H2. The van der Waals surface area contributed by atoms with Crippen LogP contribution < -0.4 is 4.74 Å². The molecule has 1 saturated carbocycles. The van der Waals surface area contributed by atoms with Crippen molar-refractivity contribution in [3.8, 4) is 5.75 Å². The first kappa shape index (κ1) is 8.41. The van der Waals surface area contributed by atoms with Crippen LogP contribution in [0.3, 0.4) is 0 Å². The summed E-state index contributed by atoms with van der Waals surface area (Å²) < 4.78 is 29.9. The summed E-state index contributed by atoms with van der Waals surface area (Å²) in [4.78, 5) is 3.81. The van der Waals surface area contributed by atoms with E-state index in [2.05, 4.69) is 4.98 Å². The quantitative estimate of drug-likeness (QED) is 0.719. The third kappa shape index (κ3) is 1.94. The Kier molecular flexibility index (Phi) is 1.90. The average Bonchev–Trinajstić information content (AvgIpc) is 2.73. The van der Waals surface area contributed by atoms with Crippen molar-refractivity contribution in [1.29, 1.82) is 0 Å². The lowest BCUT2D eigenvalue weighted by Gasteiger charge is -2.03. The van der Waals surface area contributed by atoms with Crippen molar-refractivity contribution in [2.45, 2.75) is 12.3 Å². The largest absolute Gasteiger partial charge is 0.491 e. The lowest BCUT2D eigenvalue weighted by atomic mass is 10.4. The molecule has 2 rings (SSSR count). The smallest absolute Gasteiger partial charge is 0.255 e. The molecule has 1 fully saturated rings. The van der Waals surface area contributed by atoms with E-state index in [0.717, 1.165) is 0 Å². The van der Waals surface area contributed by atoms with Gasteiger partial charge < -0.3 is 4.74 Å². The monoisotopic (exact) mass is 185 g/mol. The van der Waals surface area contributed by atoms with Crippen LogP contribution in [0.2, 0.25) is 0 Å². The Balaban J connectivity index is 1.82. The minimum atomic E-state index is -2.50. The number of hydrogen-bond donors (Lipinski definition) is 0. The van der Waals surface area contributed by atoms with Crippen LogP contribution >= 0.6 is 0 Å². The molecule has 1 unspecified atom stereocenters. The molecule has 0 amide bonds. The first-order valence-corrected chi connectivity index (χ1v) is 4.09. The highest BCUT2D eigenvalue weighted by atomic mass is 19.3. The van der Waals surface area contributed by atoms with E-state index in [0.29, 0.717) is 5.75 Å². The predicted octanol–water partition coefficient (Wildman–Crippen LogP) is 2.12. The van der Waals surface area contributed by atoms with Crippen LogP contribution in [0.4, 0.5) is 8.78 Å². The minimum absolute atomic E-state index is 0.0484. The van der Waals surface area contributed by atoms with Gasteiger partial charge in [-0.1, -0.05) is 0 Å². The first-order valence-electron chi connectivity index (χ1n) is 4.09. The number of halogens is 2. The van der Waals surface area contributed by atoms with Crippen molar-refractivity contribution in [3.05, 3.63) is 24.5 Å². The molecule has 70 valence electrons. The third-order valence-corrected chi connectivity index (χ3v) is 2.04. The Labute approximate surface area is 74.5 Å². The zero-order chi connectivity index (χ0) is 9.31. The van der Waals surface area contributed by atoms with E-state index in [4.69, 9.17) is 4.74 Å². The second-order valence-electron chi connectivity index (χ2n) is 3.16. The van der Waals surface area contributed by atoms with E-state index in [1.54, 1.807) is 18.3 Å². The second-order valence-corrected chi connectivity index (χ2v) is 3.16. The number of ether oxygens (including phenoxy) is 1. The highest BCUT2D eigenvalue weighted by Crippen LogP contribution is 2.48. The maximum absolute atomic E-state index is 12.4. The highest BCUT2D eigenvalue weighted by molar-refractivity contribution is 5.15. The summed E-state index contributed by atoms with van der Waals surface area (Å²) >= 11 is 0. The van der Waals surface area contributed by atoms with Crippen molar-refractivity contribution in [2.24, 2.45) is 5.92 Å². The van der Waals surface area contributed by atoms with Gasteiger partial charge in [0.1, 0.15) is 5.75 Å². The van der Waals surface area contributed by atoms with Crippen LogP contribution in [-0.4, -0.2) is 17.5 Å². The van der Waals surface area contributed by atoms with E-state index in [-0.39, 0.29) is 13.0 Å². The van der Waals surface area contributed by atoms with Crippen molar-refractivity contribution in [3.63, 3.8) is 0 Å². The van der Waals surface area contributed by atoms with Crippen molar-refractivity contribution < 1.29 is 13.5 Å². The predicted molar refractivity (Wildman–Crippen MR) is 42.8 cm³/mol. The SMILES string of the molecule is FC1(F)CC1COc1cccnc1. The molecule has 1 aromatic heterocycles. The molecule has 1 aliphatic rings. The van der Waals surface area contributed by atoms with Crippen molar-refractivity contribution in [1.82, 2.24) is 4.98 Å². The molecule has 0 bridgehead atoms. The molecule has 13 heavy (non-hydrogen) atoms. The maximum Gasteiger partial charge on any atom is 0.255 e. The number of rotatable bonds is 3. The van der Waals surface area contributed by atoms with Gasteiger partial charge in [-0.05, 0) is 12.1 Å². The summed E-state index contributed by atoms with van der Waals surface area (Å²) in [5.74, 6) is -2.56. The van der Waals surface area contributed by atoms with Crippen LogP contribution in [0, 0.1) is 5.92 Å². The summed E-state index contributed by atoms with van der Waals surface area (Å²) in [6, 6.07) is 3.41. The van der Waals surface area contributed by atoms with Gasteiger partial charge in [-0.3, -0.25) is 4.98 Å². The average molecular weight is 185 g/mol. The lowest BCUT2D eigenvalue weighted by Crippen LogP contribution is -2.05. The summed E-state index contributed by atoms with van der Waals surface area (Å²) in [6.07, 6.45) is 3.08. The highest BCUT2D eigenvalue weighted by Gasteiger charge is 2.57. The Morgan fingerprint density at radius 1 is 1.62 bits per heavy atom. The molecule has 0 spiro atoms. The van der Waals surface area contributed by atoms with Gasteiger partial charge in [0.15, 0.2) is 0 Å². The second kappa shape index (κ2) is 2.94. The molecule has 4 heteroatoms. The number of aromatic nitrogens is 1. The minimum Gasteiger partial charge on any atom is -0.491 e. The summed E-state index contributed by atoms with van der Waals surface area (Å²) in [5, 5.41) is 0. The van der Waals surface area contributed by atoms with Crippen LogP contribution in [0.25, 0.3) is 0 Å². The van der Waals surface area contributed by atoms with Crippen LogP contribution in [0.1, 0.15) is 6.42 Å². The van der Waals surface area contributed by atoms with Gasteiger partial charge in [0.2, 0.25) is 0 Å². The van der Waals surface area contributed by atoms with E-state index < -0.39 is 11.8 Å². The Morgan fingerprint density at radius 3 is 2.92 bits per heavy atom. The normalized spacial score (nSPS) is 24.0. The Morgan fingerprint density at radius 2 is 2.38 bits per heavy atom.